The summed E-state index contributed by atoms with van der Waals surface area (Å²) in [6, 6.07) is 5.67. The Morgan fingerprint density at radius 3 is 2.95 bits per heavy atom. The van der Waals surface area contributed by atoms with Gasteiger partial charge in [-0.05, 0) is 50.8 Å². The van der Waals surface area contributed by atoms with Crippen LogP contribution in [0.3, 0.4) is 0 Å². The molecule has 114 valence electrons. The third kappa shape index (κ3) is 4.25. The average molecular weight is 354 g/mol. The summed E-state index contributed by atoms with van der Waals surface area (Å²) < 4.78 is 8.16. The van der Waals surface area contributed by atoms with Gasteiger partial charge in [0, 0.05) is 31.0 Å². The minimum absolute atomic E-state index is 0.553. The van der Waals surface area contributed by atoms with Crippen molar-refractivity contribution in [1.82, 2.24) is 20.2 Å². The maximum absolute atomic E-state index is 5.90. The number of nitrogen functional groups attached to an aromatic ring is 1. The fourth-order valence-electron chi connectivity index (χ4n) is 1.91. The van der Waals surface area contributed by atoms with E-state index in [1.54, 1.807) is 4.68 Å². The van der Waals surface area contributed by atoms with Crippen LogP contribution in [0.5, 0.6) is 0 Å². The normalized spacial score (nSPS) is 11.2. The summed E-state index contributed by atoms with van der Waals surface area (Å²) in [7, 11) is 0. The van der Waals surface area contributed by atoms with Crippen molar-refractivity contribution in [3.63, 3.8) is 0 Å². The van der Waals surface area contributed by atoms with Gasteiger partial charge in [-0.15, -0.1) is 5.10 Å². The molecule has 6 nitrogen and oxygen atoms in total. The molecular weight excluding hydrogens is 334 g/mol. The van der Waals surface area contributed by atoms with Gasteiger partial charge in [0.1, 0.15) is 0 Å². The first-order chi connectivity index (χ1) is 10.1. The van der Waals surface area contributed by atoms with E-state index in [-0.39, 0.29) is 0 Å². The highest BCUT2D eigenvalue weighted by molar-refractivity contribution is 9.10. The maximum Gasteiger partial charge on any atom is 0.183 e. The van der Waals surface area contributed by atoms with Crippen molar-refractivity contribution in [2.75, 3.05) is 18.9 Å². The monoisotopic (exact) mass is 353 g/mol. The van der Waals surface area contributed by atoms with Crippen LogP contribution in [-0.4, -0.2) is 33.4 Å². The Labute approximate surface area is 132 Å². The summed E-state index contributed by atoms with van der Waals surface area (Å²) in [6.45, 7) is 6.47. The van der Waals surface area contributed by atoms with E-state index in [9.17, 15) is 0 Å². The first-order valence-electron chi connectivity index (χ1n) is 6.98. The minimum Gasteiger partial charge on any atom is -0.398 e. The molecule has 2 rings (SSSR count). The number of nitrogens with two attached hydrogens (primary N) is 1. The largest absolute Gasteiger partial charge is 0.398 e. The number of anilines is 1. The molecule has 0 atom stereocenters. The van der Waals surface area contributed by atoms with Crippen LogP contribution < -0.4 is 5.73 Å². The molecule has 21 heavy (non-hydrogen) atoms. The second-order valence-electron chi connectivity index (χ2n) is 5.26. The van der Waals surface area contributed by atoms with Gasteiger partial charge in [0.05, 0.1) is 4.47 Å². The van der Waals surface area contributed by atoms with Crippen molar-refractivity contribution in [1.29, 1.82) is 0 Å². The smallest absolute Gasteiger partial charge is 0.183 e. The van der Waals surface area contributed by atoms with Crippen LogP contribution in [0.15, 0.2) is 22.7 Å². The Kier molecular flexibility index (Phi) is 5.69. The summed E-state index contributed by atoms with van der Waals surface area (Å²) in [5.74, 6) is 1.26. The summed E-state index contributed by atoms with van der Waals surface area (Å²) in [5.41, 5.74) is 7.46. The predicted molar refractivity (Wildman–Crippen MR) is 85.6 cm³/mol. The Bertz CT molecular complexity index is 584. The zero-order valence-electron chi connectivity index (χ0n) is 12.3. The van der Waals surface area contributed by atoms with E-state index in [0.29, 0.717) is 30.6 Å². The van der Waals surface area contributed by atoms with Gasteiger partial charge in [0.2, 0.25) is 0 Å². The highest BCUT2D eigenvalue weighted by Gasteiger charge is 2.13. The van der Waals surface area contributed by atoms with Crippen LogP contribution in [0.25, 0.3) is 11.4 Å². The van der Waals surface area contributed by atoms with Crippen molar-refractivity contribution in [2.45, 2.75) is 26.8 Å². The standard InChI is InChI=1S/C14H20BrN5O/c1-10(2)9-21-8-4-7-20-14(17-18-19-20)11-5-3-6-12(16)13(11)15/h3,5-6,10H,4,7-9,16H2,1-2H3. The van der Waals surface area contributed by atoms with E-state index >= 15 is 0 Å². The number of rotatable bonds is 7. The van der Waals surface area contributed by atoms with Crippen LogP contribution in [0.4, 0.5) is 5.69 Å². The first kappa shape index (κ1) is 15.9. The second-order valence-corrected chi connectivity index (χ2v) is 6.05. The highest BCUT2D eigenvalue weighted by Crippen LogP contribution is 2.30. The molecule has 2 N–H and O–H groups in total. The molecule has 0 aliphatic rings. The van der Waals surface area contributed by atoms with Crippen molar-refractivity contribution < 1.29 is 4.74 Å². The van der Waals surface area contributed by atoms with Gasteiger partial charge in [0.15, 0.2) is 5.82 Å². The zero-order chi connectivity index (χ0) is 15.2. The molecule has 2 aromatic rings. The molecule has 1 aromatic heterocycles. The van der Waals surface area contributed by atoms with Gasteiger partial charge in [-0.25, -0.2) is 4.68 Å². The van der Waals surface area contributed by atoms with E-state index in [1.807, 2.05) is 18.2 Å². The van der Waals surface area contributed by atoms with Gasteiger partial charge < -0.3 is 10.5 Å². The lowest BCUT2D eigenvalue weighted by Crippen LogP contribution is -2.08. The van der Waals surface area contributed by atoms with E-state index in [1.165, 1.54) is 0 Å². The van der Waals surface area contributed by atoms with Crippen LogP contribution >= 0.6 is 15.9 Å². The number of nitrogens with zero attached hydrogens (tertiary/aromatic N) is 4. The van der Waals surface area contributed by atoms with Crippen LogP contribution in [0.2, 0.25) is 0 Å². The van der Waals surface area contributed by atoms with Gasteiger partial charge in [-0.1, -0.05) is 19.9 Å². The molecule has 0 radical (unpaired) electrons. The molecule has 1 aromatic carbocycles. The van der Waals surface area contributed by atoms with Gasteiger partial charge >= 0.3 is 0 Å². The molecule has 0 aliphatic carbocycles. The number of tetrazole rings is 1. The Morgan fingerprint density at radius 1 is 1.38 bits per heavy atom. The molecule has 0 fully saturated rings. The Hall–Kier alpha value is -1.47. The molecule has 0 spiro atoms. The van der Waals surface area contributed by atoms with Crippen LogP contribution in [0.1, 0.15) is 20.3 Å². The predicted octanol–water partition coefficient (Wildman–Crippen LogP) is 2.75. The third-order valence-electron chi connectivity index (χ3n) is 2.91. The van der Waals surface area contributed by atoms with E-state index < -0.39 is 0 Å². The summed E-state index contributed by atoms with van der Waals surface area (Å²) in [4.78, 5) is 0. The fourth-order valence-corrected chi connectivity index (χ4v) is 2.35. The highest BCUT2D eigenvalue weighted by atomic mass is 79.9. The molecule has 0 amide bonds. The topological polar surface area (TPSA) is 78.8 Å². The molecule has 0 saturated heterocycles. The zero-order valence-corrected chi connectivity index (χ0v) is 13.9. The number of aromatic nitrogens is 4. The molecular formula is C14H20BrN5O. The third-order valence-corrected chi connectivity index (χ3v) is 3.80. The summed E-state index contributed by atoms with van der Waals surface area (Å²) in [5, 5.41) is 11.9. The summed E-state index contributed by atoms with van der Waals surface area (Å²) in [6.07, 6.45) is 0.866. The SMILES string of the molecule is CC(C)COCCCn1nnnc1-c1cccc(N)c1Br. The average Bonchev–Trinajstić information content (AvgIpc) is 2.89. The lowest BCUT2D eigenvalue weighted by molar-refractivity contribution is 0.105. The number of hydrogen-bond donors (Lipinski definition) is 1. The van der Waals surface area contributed by atoms with Gasteiger partial charge in [0.25, 0.3) is 0 Å². The molecule has 0 aliphatic heterocycles. The van der Waals surface area contributed by atoms with E-state index in [0.717, 1.165) is 23.1 Å². The van der Waals surface area contributed by atoms with Crippen LogP contribution in [-0.2, 0) is 11.3 Å². The number of benzene rings is 1. The molecule has 0 unspecified atom stereocenters. The van der Waals surface area contributed by atoms with Crippen molar-refractivity contribution in [3.05, 3.63) is 22.7 Å². The molecule has 1 heterocycles. The number of aryl methyl sites for hydroxylation is 1. The quantitative estimate of drug-likeness (QED) is 0.611. The molecule has 0 saturated carbocycles. The maximum atomic E-state index is 5.90. The second kappa shape index (κ2) is 7.51. The molecule has 7 heteroatoms. The Balaban J connectivity index is 2.00. The number of ether oxygens (including phenoxy) is 1. The number of hydrogen-bond acceptors (Lipinski definition) is 5. The van der Waals surface area contributed by atoms with Crippen molar-refractivity contribution in [2.24, 2.45) is 5.92 Å². The van der Waals surface area contributed by atoms with Gasteiger partial charge in [-0.2, -0.15) is 0 Å². The lowest BCUT2D eigenvalue weighted by Gasteiger charge is -2.09. The fraction of sp³-hybridized carbons (Fsp3) is 0.500. The number of halogens is 1. The first-order valence-corrected chi connectivity index (χ1v) is 7.77. The van der Waals surface area contributed by atoms with Crippen molar-refractivity contribution in [3.8, 4) is 11.4 Å². The van der Waals surface area contributed by atoms with E-state index in [4.69, 9.17) is 10.5 Å². The summed E-state index contributed by atoms with van der Waals surface area (Å²) >= 11 is 3.49. The van der Waals surface area contributed by atoms with Gasteiger partial charge in [-0.3, -0.25) is 0 Å². The lowest BCUT2D eigenvalue weighted by atomic mass is 10.2. The minimum atomic E-state index is 0.553. The van der Waals surface area contributed by atoms with E-state index in [2.05, 4.69) is 45.3 Å². The van der Waals surface area contributed by atoms with Crippen molar-refractivity contribution >= 4 is 21.6 Å². The van der Waals surface area contributed by atoms with Crippen LogP contribution in [0, 0.1) is 5.92 Å². The Morgan fingerprint density at radius 2 is 2.19 bits per heavy atom. The molecule has 0 bridgehead atoms.